The average Bonchev–Trinajstić information content (AvgIpc) is 3.28. The standard InChI is InChI=1S/C33H56O7/c1-26(25-39-30-15-7-10-21-37-30)17-20-32(2,3)24-28(40-31-16-8-11-22-38-31)23-27-13-12-19-33(27,36)18-9-5-4-6-14-29(34)35/h5,9,23,26-27,30-31,36H,4,6-8,10-22,24-25H2,1-3H3,(H,34,35)/t26?,27-,30?,31?,33+/m0/s1. The van der Waals surface area contributed by atoms with E-state index in [1.807, 2.05) is 12.2 Å². The number of hydrogen-bond acceptors (Lipinski definition) is 6. The number of ether oxygens (including phenoxy) is 4. The summed E-state index contributed by atoms with van der Waals surface area (Å²) in [6.45, 7) is 9.16. The third kappa shape index (κ3) is 12.2. The zero-order valence-corrected chi connectivity index (χ0v) is 25.4. The molecule has 2 N–H and O–H groups in total. The highest BCUT2D eigenvalue weighted by Gasteiger charge is 2.40. The van der Waals surface area contributed by atoms with Crippen LogP contribution in [0.3, 0.4) is 0 Å². The van der Waals surface area contributed by atoms with Crippen LogP contribution in [0.15, 0.2) is 24.0 Å². The summed E-state index contributed by atoms with van der Waals surface area (Å²) in [5.41, 5.74) is -0.751. The van der Waals surface area contributed by atoms with Crippen LogP contribution in [0.5, 0.6) is 0 Å². The highest BCUT2D eigenvalue weighted by molar-refractivity contribution is 5.66. The molecule has 1 saturated carbocycles. The van der Waals surface area contributed by atoms with Crippen LogP contribution < -0.4 is 0 Å². The maximum atomic E-state index is 11.6. The van der Waals surface area contributed by atoms with Crippen molar-refractivity contribution in [1.82, 2.24) is 0 Å². The first-order valence-electron chi connectivity index (χ1n) is 16.0. The van der Waals surface area contributed by atoms with Crippen molar-refractivity contribution in [3.05, 3.63) is 24.0 Å². The van der Waals surface area contributed by atoms with Crippen molar-refractivity contribution in [2.24, 2.45) is 17.3 Å². The van der Waals surface area contributed by atoms with Gasteiger partial charge in [-0.2, -0.15) is 0 Å². The molecule has 0 radical (unpaired) electrons. The molecule has 3 unspecified atom stereocenters. The van der Waals surface area contributed by atoms with E-state index in [4.69, 9.17) is 24.1 Å². The Morgan fingerprint density at radius 3 is 2.45 bits per heavy atom. The molecular weight excluding hydrogens is 508 g/mol. The van der Waals surface area contributed by atoms with Gasteiger partial charge < -0.3 is 29.2 Å². The zero-order chi connectivity index (χ0) is 28.8. The van der Waals surface area contributed by atoms with Crippen molar-refractivity contribution in [3.8, 4) is 0 Å². The fourth-order valence-corrected chi connectivity index (χ4v) is 6.08. The topological polar surface area (TPSA) is 94.5 Å². The second-order valence-electron chi connectivity index (χ2n) is 13.2. The third-order valence-electron chi connectivity index (χ3n) is 8.69. The molecule has 2 heterocycles. The molecule has 0 spiro atoms. The van der Waals surface area contributed by atoms with Crippen LogP contribution in [0.2, 0.25) is 0 Å². The summed E-state index contributed by atoms with van der Waals surface area (Å²) >= 11 is 0. The first kappa shape index (κ1) is 33.1. The summed E-state index contributed by atoms with van der Waals surface area (Å²) in [5.74, 6) is 0.685. The lowest BCUT2D eigenvalue weighted by Gasteiger charge is -2.33. The van der Waals surface area contributed by atoms with Crippen molar-refractivity contribution in [1.29, 1.82) is 0 Å². The van der Waals surface area contributed by atoms with Crippen molar-refractivity contribution in [3.63, 3.8) is 0 Å². The van der Waals surface area contributed by atoms with Crippen LogP contribution in [0, 0.1) is 17.3 Å². The largest absolute Gasteiger partial charge is 0.481 e. The Morgan fingerprint density at radius 1 is 1.05 bits per heavy atom. The second-order valence-corrected chi connectivity index (χ2v) is 13.2. The van der Waals surface area contributed by atoms with Crippen LogP contribution in [-0.4, -0.2) is 54.2 Å². The molecule has 2 aliphatic heterocycles. The SMILES string of the molecule is CC(CCC(C)(C)CC(=C[C@@H]1CCC[C@]1(O)CC=CCCCC(=O)O)OC1CCCCO1)COC1CCCCO1. The monoisotopic (exact) mass is 564 g/mol. The molecule has 0 bridgehead atoms. The molecule has 0 amide bonds. The molecule has 0 aromatic carbocycles. The molecule has 5 atom stereocenters. The molecule has 0 aromatic rings. The van der Waals surface area contributed by atoms with E-state index in [0.717, 1.165) is 103 Å². The summed E-state index contributed by atoms with van der Waals surface area (Å²) in [6.07, 6.45) is 20.2. The second kappa shape index (κ2) is 16.9. The van der Waals surface area contributed by atoms with Crippen LogP contribution >= 0.6 is 0 Å². The predicted molar refractivity (Wildman–Crippen MR) is 157 cm³/mol. The minimum Gasteiger partial charge on any atom is -0.481 e. The Kier molecular flexibility index (Phi) is 14.0. The van der Waals surface area contributed by atoms with Gasteiger partial charge in [0.05, 0.1) is 24.6 Å². The molecule has 7 nitrogen and oxygen atoms in total. The minimum absolute atomic E-state index is 0.0348. The van der Waals surface area contributed by atoms with E-state index in [9.17, 15) is 9.90 Å². The number of unbranched alkanes of at least 4 members (excludes halogenated alkanes) is 1. The van der Waals surface area contributed by atoms with E-state index in [1.165, 1.54) is 6.42 Å². The fraction of sp³-hybridized carbons (Fsp3) is 0.848. The van der Waals surface area contributed by atoms with Gasteiger partial charge in [-0.1, -0.05) is 32.9 Å². The molecule has 0 aromatic heterocycles. The summed E-state index contributed by atoms with van der Waals surface area (Å²) in [6, 6.07) is 0. The maximum absolute atomic E-state index is 11.6. The van der Waals surface area contributed by atoms with Gasteiger partial charge in [-0.15, -0.1) is 0 Å². The Morgan fingerprint density at radius 2 is 1.77 bits per heavy atom. The van der Waals surface area contributed by atoms with Gasteiger partial charge in [0, 0.05) is 31.8 Å². The van der Waals surface area contributed by atoms with Gasteiger partial charge in [0.25, 0.3) is 0 Å². The van der Waals surface area contributed by atoms with E-state index in [-0.39, 0.29) is 30.3 Å². The smallest absolute Gasteiger partial charge is 0.303 e. The molecule has 3 rings (SSSR count). The van der Waals surface area contributed by atoms with Crippen LogP contribution in [0.1, 0.15) is 124 Å². The number of allylic oxidation sites excluding steroid dienone is 2. The minimum atomic E-state index is -0.789. The van der Waals surface area contributed by atoms with Crippen molar-refractivity contribution < 1.29 is 34.0 Å². The zero-order valence-electron chi connectivity index (χ0n) is 25.4. The Hall–Kier alpha value is -1.41. The number of carboxylic acid groups (broad SMARTS) is 1. The number of aliphatic carboxylic acids is 1. The first-order valence-corrected chi connectivity index (χ1v) is 16.0. The molecular formula is C33H56O7. The number of rotatable bonds is 17. The summed E-state index contributed by atoms with van der Waals surface area (Å²) in [5, 5.41) is 20.4. The van der Waals surface area contributed by atoms with Gasteiger partial charge in [-0.3, -0.25) is 4.79 Å². The number of carboxylic acids is 1. The van der Waals surface area contributed by atoms with E-state index in [0.29, 0.717) is 18.8 Å². The van der Waals surface area contributed by atoms with Crippen LogP contribution in [0.25, 0.3) is 0 Å². The van der Waals surface area contributed by atoms with Crippen molar-refractivity contribution >= 4 is 5.97 Å². The molecule has 1 aliphatic carbocycles. The van der Waals surface area contributed by atoms with Crippen LogP contribution in [0.4, 0.5) is 0 Å². The van der Waals surface area contributed by atoms with Gasteiger partial charge in [-0.05, 0) is 101 Å². The highest BCUT2D eigenvalue weighted by atomic mass is 16.7. The lowest BCUT2D eigenvalue weighted by atomic mass is 9.80. The normalized spacial score (nSPS) is 29.1. The van der Waals surface area contributed by atoms with Gasteiger partial charge in [0.15, 0.2) is 12.6 Å². The number of carbonyl (C=O) groups is 1. The third-order valence-corrected chi connectivity index (χ3v) is 8.69. The predicted octanol–water partition coefficient (Wildman–Crippen LogP) is 7.52. The fourth-order valence-electron chi connectivity index (χ4n) is 6.08. The molecule has 3 aliphatic rings. The van der Waals surface area contributed by atoms with Gasteiger partial charge in [-0.25, -0.2) is 0 Å². The van der Waals surface area contributed by atoms with Crippen molar-refractivity contribution in [2.45, 2.75) is 142 Å². The highest BCUT2D eigenvalue weighted by Crippen LogP contribution is 2.42. The van der Waals surface area contributed by atoms with Crippen LogP contribution in [-0.2, 0) is 23.7 Å². The average molecular weight is 565 g/mol. The maximum Gasteiger partial charge on any atom is 0.303 e. The van der Waals surface area contributed by atoms with Gasteiger partial charge in [0.2, 0.25) is 0 Å². The Bertz CT molecular complexity index is 795. The molecule has 40 heavy (non-hydrogen) atoms. The molecule has 3 fully saturated rings. The van der Waals surface area contributed by atoms with E-state index in [2.05, 4.69) is 26.8 Å². The quantitative estimate of drug-likeness (QED) is 0.107. The Labute approximate surface area is 242 Å². The van der Waals surface area contributed by atoms with Crippen molar-refractivity contribution in [2.75, 3.05) is 19.8 Å². The van der Waals surface area contributed by atoms with E-state index in [1.54, 1.807) is 0 Å². The molecule has 7 heteroatoms. The lowest BCUT2D eigenvalue weighted by molar-refractivity contribution is -0.168. The number of hydrogen-bond donors (Lipinski definition) is 2. The first-order chi connectivity index (χ1) is 19.2. The number of aliphatic hydroxyl groups is 1. The summed E-state index contributed by atoms with van der Waals surface area (Å²) in [4.78, 5) is 10.7. The lowest BCUT2D eigenvalue weighted by Crippen LogP contribution is -2.32. The van der Waals surface area contributed by atoms with E-state index >= 15 is 0 Å². The molecule has 2 saturated heterocycles. The van der Waals surface area contributed by atoms with Gasteiger partial charge >= 0.3 is 5.97 Å². The summed E-state index contributed by atoms with van der Waals surface area (Å²) < 4.78 is 24.2. The summed E-state index contributed by atoms with van der Waals surface area (Å²) in [7, 11) is 0. The Balaban J connectivity index is 1.58. The van der Waals surface area contributed by atoms with E-state index < -0.39 is 11.6 Å². The van der Waals surface area contributed by atoms with Gasteiger partial charge in [0.1, 0.15) is 0 Å². The molecule has 230 valence electrons.